The highest BCUT2D eigenvalue weighted by molar-refractivity contribution is 5.76. The van der Waals surface area contributed by atoms with E-state index in [1.54, 1.807) is 14.2 Å². The predicted molar refractivity (Wildman–Crippen MR) is 77.4 cm³/mol. The molecule has 1 amide bonds. The van der Waals surface area contributed by atoms with Crippen molar-refractivity contribution in [3.63, 3.8) is 0 Å². The SMILES string of the molecule is CNC(=O)CC(N)c1cc(C(C)C)c(OC)cc1C. The first-order valence-corrected chi connectivity index (χ1v) is 6.55. The highest BCUT2D eigenvalue weighted by atomic mass is 16.5. The number of methoxy groups -OCH3 is 1. The second-order valence-electron chi connectivity index (χ2n) is 5.09. The summed E-state index contributed by atoms with van der Waals surface area (Å²) in [7, 11) is 3.29. The van der Waals surface area contributed by atoms with Crippen molar-refractivity contribution in [2.75, 3.05) is 14.2 Å². The maximum atomic E-state index is 11.4. The van der Waals surface area contributed by atoms with Crippen molar-refractivity contribution in [2.24, 2.45) is 5.73 Å². The molecule has 0 saturated carbocycles. The highest BCUT2D eigenvalue weighted by Crippen LogP contribution is 2.32. The molecule has 1 aromatic carbocycles. The summed E-state index contributed by atoms with van der Waals surface area (Å²) in [5.41, 5.74) is 9.31. The van der Waals surface area contributed by atoms with Crippen LogP contribution < -0.4 is 15.8 Å². The lowest BCUT2D eigenvalue weighted by Gasteiger charge is -2.19. The van der Waals surface area contributed by atoms with Gasteiger partial charge in [0.2, 0.25) is 5.91 Å². The minimum Gasteiger partial charge on any atom is -0.496 e. The van der Waals surface area contributed by atoms with Crippen LogP contribution in [-0.4, -0.2) is 20.1 Å². The zero-order valence-corrected chi connectivity index (χ0v) is 12.4. The topological polar surface area (TPSA) is 64.4 Å². The average molecular weight is 264 g/mol. The lowest BCUT2D eigenvalue weighted by molar-refractivity contribution is -0.120. The molecule has 1 atom stereocenters. The molecule has 0 aliphatic carbocycles. The van der Waals surface area contributed by atoms with Gasteiger partial charge in [-0.3, -0.25) is 4.79 Å². The van der Waals surface area contributed by atoms with Gasteiger partial charge in [0, 0.05) is 19.5 Å². The summed E-state index contributed by atoms with van der Waals surface area (Å²) in [5, 5.41) is 2.60. The third-order valence-corrected chi connectivity index (χ3v) is 3.32. The van der Waals surface area contributed by atoms with Gasteiger partial charge in [-0.2, -0.15) is 0 Å². The summed E-state index contributed by atoms with van der Waals surface area (Å²) < 4.78 is 5.40. The predicted octanol–water partition coefficient (Wildman–Crippen LogP) is 2.26. The maximum Gasteiger partial charge on any atom is 0.221 e. The van der Waals surface area contributed by atoms with Crippen LogP contribution in [0.5, 0.6) is 5.75 Å². The fourth-order valence-electron chi connectivity index (χ4n) is 2.15. The highest BCUT2D eigenvalue weighted by Gasteiger charge is 2.17. The Morgan fingerprint density at radius 2 is 2.00 bits per heavy atom. The molecule has 0 bridgehead atoms. The number of aryl methyl sites for hydroxylation is 1. The van der Waals surface area contributed by atoms with Gasteiger partial charge >= 0.3 is 0 Å². The van der Waals surface area contributed by atoms with Crippen molar-refractivity contribution in [3.05, 3.63) is 28.8 Å². The number of hydrogen-bond donors (Lipinski definition) is 2. The van der Waals surface area contributed by atoms with Gasteiger partial charge in [0.1, 0.15) is 5.75 Å². The van der Waals surface area contributed by atoms with Gasteiger partial charge < -0.3 is 15.8 Å². The zero-order valence-electron chi connectivity index (χ0n) is 12.4. The summed E-state index contributed by atoms with van der Waals surface area (Å²) in [6.07, 6.45) is 0.293. The normalized spacial score (nSPS) is 12.4. The van der Waals surface area contributed by atoms with Gasteiger partial charge in [-0.1, -0.05) is 19.9 Å². The Balaban J connectivity index is 3.13. The summed E-state index contributed by atoms with van der Waals surface area (Å²) >= 11 is 0. The van der Waals surface area contributed by atoms with Crippen LogP contribution in [0, 0.1) is 6.92 Å². The third-order valence-electron chi connectivity index (χ3n) is 3.32. The lowest BCUT2D eigenvalue weighted by Crippen LogP contribution is -2.24. The lowest BCUT2D eigenvalue weighted by atomic mass is 9.92. The van der Waals surface area contributed by atoms with E-state index in [-0.39, 0.29) is 11.9 Å². The quantitative estimate of drug-likeness (QED) is 0.857. The van der Waals surface area contributed by atoms with Crippen molar-refractivity contribution in [1.82, 2.24) is 5.32 Å². The number of nitrogens with two attached hydrogens (primary N) is 1. The molecule has 1 unspecified atom stereocenters. The van der Waals surface area contributed by atoms with Crippen LogP contribution in [0.4, 0.5) is 0 Å². The van der Waals surface area contributed by atoms with Gasteiger partial charge in [0.05, 0.1) is 7.11 Å². The molecule has 4 heteroatoms. The van der Waals surface area contributed by atoms with Crippen LogP contribution in [0.2, 0.25) is 0 Å². The molecule has 0 saturated heterocycles. The number of benzene rings is 1. The second-order valence-corrected chi connectivity index (χ2v) is 5.09. The van der Waals surface area contributed by atoms with Crippen LogP contribution in [0.15, 0.2) is 12.1 Å². The summed E-state index contributed by atoms with van der Waals surface area (Å²) in [6.45, 7) is 6.22. The minimum atomic E-state index is -0.289. The summed E-state index contributed by atoms with van der Waals surface area (Å²) in [4.78, 5) is 11.4. The first-order valence-electron chi connectivity index (χ1n) is 6.55. The monoisotopic (exact) mass is 264 g/mol. The molecular weight excluding hydrogens is 240 g/mol. The number of ether oxygens (including phenoxy) is 1. The van der Waals surface area contributed by atoms with E-state index in [4.69, 9.17) is 10.5 Å². The third kappa shape index (κ3) is 3.70. The van der Waals surface area contributed by atoms with Gasteiger partial charge in [0.15, 0.2) is 0 Å². The molecule has 3 N–H and O–H groups in total. The number of carbonyl (C=O) groups excluding carboxylic acids is 1. The van der Waals surface area contributed by atoms with Crippen molar-refractivity contribution in [3.8, 4) is 5.75 Å². The van der Waals surface area contributed by atoms with Gasteiger partial charge in [0.25, 0.3) is 0 Å². The van der Waals surface area contributed by atoms with E-state index in [0.717, 1.165) is 22.4 Å². The number of carbonyl (C=O) groups is 1. The van der Waals surface area contributed by atoms with Crippen molar-refractivity contribution < 1.29 is 9.53 Å². The fourth-order valence-corrected chi connectivity index (χ4v) is 2.15. The molecule has 0 fully saturated rings. The Morgan fingerprint density at radius 1 is 1.37 bits per heavy atom. The molecular formula is C15H24N2O2. The van der Waals surface area contributed by atoms with Crippen LogP contribution in [0.1, 0.15) is 48.9 Å². The van der Waals surface area contributed by atoms with E-state index in [0.29, 0.717) is 12.3 Å². The molecule has 19 heavy (non-hydrogen) atoms. The number of nitrogens with one attached hydrogen (secondary N) is 1. The van der Waals surface area contributed by atoms with E-state index in [9.17, 15) is 4.79 Å². The maximum absolute atomic E-state index is 11.4. The van der Waals surface area contributed by atoms with E-state index in [1.165, 1.54) is 0 Å². The van der Waals surface area contributed by atoms with Gasteiger partial charge in [-0.15, -0.1) is 0 Å². The smallest absolute Gasteiger partial charge is 0.221 e. The minimum absolute atomic E-state index is 0.0474. The number of rotatable bonds is 5. The Bertz CT molecular complexity index is 456. The fraction of sp³-hybridized carbons (Fsp3) is 0.533. The van der Waals surface area contributed by atoms with Crippen LogP contribution in [0.25, 0.3) is 0 Å². The van der Waals surface area contributed by atoms with Crippen molar-refractivity contribution in [2.45, 2.75) is 39.2 Å². The average Bonchev–Trinajstić information content (AvgIpc) is 2.37. The standard InChI is InChI=1S/C15H24N2O2/c1-9(2)11-7-12(10(3)6-14(11)19-5)13(16)8-15(18)17-4/h6-7,9,13H,8,16H2,1-5H3,(H,17,18). The van der Waals surface area contributed by atoms with Crippen molar-refractivity contribution in [1.29, 1.82) is 0 Å². The van der Waals surface area contributed by atoms with Crippen LogP contribution >= 0.6 is 0 Å². The molecule has 0 radical (unpaired) electrons. The van der Waals surface area contributed by atoms with Crippen molar-refractivity contribution >= 4 is 5.91 Å². The molecule has 0 aliphatic rings. The molecule has 1 aromatic rings. The van der Waals surface area contributed by atoms with E-state index in [2.05, 4.69) is 25.2 Å². The van der Waals surface area contributed by atoms with E-state index in [1.807, 2.05) is 13.0 Å². The molecule has 0 spiro atoms. The molecule has 106 valence electrons. The Labute approximate surface area is 115 Å². The molecule has 0 aromatic heterocycles. The van der Waals surface area contributed by atoms with E-state index < -0.39 is 0 Å². The van der Waals surface area contributed by atoms with Gasteiger partial charge in [-0.25, -0.2) is 0 Å². The number of amides is 1. The van der Waals surface area contributed by atoms with Crippen LogP contribution in [-0.2, 0) is 4.79 Å². The Morgan fingerprint density at radius 3 is 2.47 bits per heavy atom. The molecule has 0 heterocycles. The first kappa shape index (κ1) is 15.5. The summed E-state index contributed by atoms with van der Waals surface area (Å²) in [5.74, 6) is 1.18. The molecule has 1 rings (SSSR count). The van der Waals surface area contributed by atoms with Gasteiger partial charge in [-0.05, 0) is 35.6 Å². The summed E-state index contributed by atoms with van der Waals surface area (Å²) in [6, 6.07) is 3.77. The Hall–Kier alpha value is -1.55. The second kappa shape index (κ2) is 6.57. The molecule has 0 aliphatic heterocycles. The van der Waals surface area contributed by atoms with Crippen LogP contribution in [0.3, 0.4) is 0 Å². The zero-order chi connectivity index (χ0) is 14.6. The Kier molecular flexibility index (Phi) is 5.36. The number of hydrogen-bond acceptors (Lipinski definition) is 3. The molecule has 4 nitrogen and oxygen atoms in total. The largest absolute Gasteiger partial charge is 0.496 e. The van der Waals surface area contributed by atoms with E-state index >= 15 is 0 Å². The first-order chi connectivity index (χ1) is 8.90.